The van der Waals surface area contributed by atoms with Crippen molar-refractivity contribution < 1.29 is 14.0 Å². The molecule has 1 saturated heterocycles. The van der Waals surface area contributed by atoms with Gasteiger partial charge in [-0.25, -0.2) is 0 Å². The number of carbonyl (C=O) groups excluding carboxylic acids is 2. The Balaban J connectivity index is 1.47. The zero-order valence-electron chi connectivity index (χ0n) is 16.8. The fraction of sp³-hybridized carbons (Fsp3) is 0.550. The van der Waals surface area contributed by atoms with Crippen LogP contribution in [0.3, 0.4) is 0 Å². The third-order valence-corrected chi connectivity index (χ3v) is 4.95. The molecule has 2 aromatic rings. The summed E-state index contributed by atoms with van der Waals surface area (Å²) in [7, 11) is 0. The van der Waals surface area contributed by atoms with Crippen molar-refractivity contribution in [3.05, 3.63) is 41.1 Å². The number of piperazine rings is 1. The number of aryl methyl sites for hydroxylation is 4. The Morgan fingerprint density at radius 1 is 1.36 bits per heavy atom. The lowest BCUT2D eigenvalue weighted by Gasteiger charge is -2.34. The molecule has 152 valence electrons. The van der Waals surface area contributed by atoms with Gasteiger partial charge in [-0.15, -0.1) is 0 Å². The van der Waals surface area contributed by atoms with Crippen molar-refractivity contribution in [2.24, 2.45) is 0 Å². The molecule has 2 amide bonds. The normalized spacial score (nSPS) is 17.5. The lowest BCUT2D eigenvalue weighted by atomic mass is 10.1. The summed E-state index contributed by atoms with van der Waals surface area (Å²) in [5.74, 6) is 1.43. The Morgan fingerprint density at radius 2 is 2.18 bits per heavy atom. The fourth-order valence-corrected chi connectivity index (χ4v) is 3.55. The average molecular weight is 387 g/mol. The SMILES string of the molecule is Cc1cc(C)n(CCCNC(=O)C[C@H]2C(=O)NCCN2Cc2ccc(C)o2)n1. The van der Waals surface area contributed by atoms with Crippen molar-refractivity contribution in [1.82, 2.24) is 25.3 Å². The van der Waals surface area contributed by atoms with E-state index in [2.05, 4.69) is 15.7 Å². The van der Waals surface area contributed by atoms with Crippen molar-refractivity contribution >= 4 is 11.8 Å². The lowest BCUT2D eigenvalue weighted by molar-refractivity contribution is -0.134. The molecule has 0 unspecified atom stereocenters. The fourth-order valence-electron chi connectivity index (χ4n) is 3.55. The highest BCUT2D eigenvalue weighted by Crippen LogP contribution is 2.15. The van der Waals surface area contributed by atoms with Crippen LogP contribution in [0.1, 0.15) is 35.7 Å². The molecule has 0 bridgehead atoms. The summed E-state index contributed by atoms with van der Waals surface area (Å²) < 4.78 is 7.57. The number of nitrogens with one attached hydrogen (secondary N) is 2. The summed E-state index contributed by atoms with van der Waals surface area (Å²) in [6, 6.07) is 5.38. The molecule has 1 fully saturated rings. The summed E-state index contributed by atoms with van der Waals surface area (Å²) in [4.78, 5) is 26.7. The first kappa shape index (κ1) is 20.1. The first-order valence-corrected chi connectivity index (χ1v) is 9.77. The summed E-state index contributed by atoms with van der Waals surface area (Å²) in [5.41, 5.74) is 2.11. The molecular weight excluding hydrogens is 358 g/mol. The largest absolute Gasteiger partial charge is 0.465 e. The molecular formula is C20H29N5O3. The van der Waals surface area contributed by atoms with E-state index in [0.717, 1.165) is 35.9 Å². The van der Waals surface area contributed by atoms with Crippen molar-refractivity contribution in [3.63, 3.8) is 0 Å². The first-order chi connectivity index (χ1) is 13.4. The Morgan fingerprint density at radius 3 is 2.86 bits per heavy atom. The number of aromatic nitrogens is 2. The molecule has 0 aromatic carbocycles. The first-order valence-electron chi connectivity index (χ1n) is 9.77. The third kappa shape index (κ3) is 5.22. The highest BCUT2D eigenvalue weighted by Gasteiger charge is 2.32. The van der Waals surface area contributed by atoms with Gasteiger partial charge >= 0.3 is 0 Å². The maximum absolute atomic E-state index is 12.4. The highest BCUT2D eigenvalue weighted by atomic mass is 16.3. The molecule has 3 heterocycles. The Kier molecular flexibility index (Phi) is 6.51. The van der Waals surface area contributed by atoms with E-state index < -0.39 is 6.04 Å². The number of rotatable bonds is 8. The van der Waals surface area contributed by atoms with Crippen molar-refractivity contribution in [3.8, 4) is 0 Å². The van der Waals surface area contributed by atoms with E-state index in [-0.39, 0.29) is 18.2 Å². The lowest BCUT2D eigenvalue weighted by Crippen LogP contribution is -2.56. The average Bonchev–Trinajstić information content (AvgIpc) is 3.19. The molecule has 0 spiro atoms. The molecule has 2 aromatic heterocycles. The number of amides is 2. The van der Waals surface area contributed by atoms with Gasteiger partial charge in [-0.2, -0.15) is 5.10 Å². The van der Waals surface area contributed by atoms with Crippen LogP contribution in [0.2, 0.25) is 0 Å². The molecule has 3 rings (SSSR count). The van der Waals surface area contributed by atoms with Gasteiger partial charge in [0.05, 0.1) is 24.7 Å². The van der Waals surface area contributed by atoms with Gasteiger partial charge < -0.3 is 15.1 Å². The predicted molar refractivity (Wildman–Crippen MR) is 105 cm³/mol. The van der Waals surface area contributed by atoms with Gasteiger partial charge in [-0.05, 0) is 45.4 Å². The molecule has 8 heteroatoms. The van der Waals surface area contributed by atoms with Gasteiger partial charge in [-0.1, -0.05) is 0 Å². The summed E-state index contributed by atoms with van der Waals surface area (Å²) >= 11 is 0. The maximum Gasteiger partial charge on any atom is 0.237 e. The molecule has 0 aliphatic carbocycles. The second kappa shape index (κ2) is 9.05. The van der Waals surface area contributed by atoms with Crippen molar-refractivity contribution in [1.29, 1.82) is 0 Å². The van der Waals surface area contributed by atoms with Crippen LogP contribution in [-0.2, 0) is 22.7 Å². The number of carbonyl (C=O) groups is 2. The van der Waals surface area contributed by atoms with Crippen molar-refractivity contribution in [2.75, 3.05) is 19.6 Å². The molecule has 1 aliphatic rings. The minimum atomic E-state index is -0.477. The van der Waals surface area contributed by atoms with E-state index >= 15 is 0 Å². The smallest absolute Gasteiger partial charge is 0.237 e. The summed E-state index contributed by atoms with van der Waals surface area (Å²) in [6.07, 6.45) is 0.936. The number of furan rings is 1. The van der Waals surface area contributed by atoms with Gasteiger partial charge in [0.25, 0.3) is 0 Å². The van der Waals surface area contributed by atoms with Crippen LogP contribution in [0.5, 0.6) is 0 Å². The van der Waals surface area contributed by atoms with E-state index in [1.54, 1.807) is 0 Å². The minimum absolute atomic E-state index is 0.104. The van der Waals surface area contributed by atoms with E-state index in [1.165, 1.54) is 0 Å². The Hall–Kier alpha value is -2.61. The zero-order chi connectivity index (χ0) is 20.1. The molecule has 28 heavy (non-hydrogen) atoms. The maximum atomic E-state index is 12.4. The van der Waals surface area contributed by atoms with Crippen LogP contribution in [-0.4, -0.2) is 52.2 Å². The Labute approximate surface area is 165 Å². The molecule has 1 atom stereocenters. The van der Waals surface area contributed by atoms with Crippen LogP contribution in [0.4, 0.5) is 0 Å². The van der Waals surface area contributed by atoms with Crippen LogP contribution in [0.25, 0.3) is 0 Å². The monoisotopic (exact) mass is 387 g/mol. The van der Waals surface area contributed by atoms with E-state index in [9.17, 15) is 9.59 Å². The van der Waals surface area contributed by atoms with Crippen LogP contribution in [0.15, 0.2) is 22.6 Å². The quantitative estimate of drug-likeness (QED) is 0.666. The van der Waals surface area contributed by atoms with Gasteiger partial charge in [0, 0.05) is 31.9 Å². The van der Waals surface area contributed by atoms with Gasteiger partial charge in [0.1, 0.15) is 11.5 Å². The topological polar surface area (TPSA) is 92.4 Å². The second-order valence-electron chi connectivity index (χ2n) is 7.35. The predicted octanol–water partition coefficient (Wildman–Crippen LogP) is 1.30. The van der Waals surface area contributed by atoms with Gasteiger partial charge in [0.2, 0.25) is 11.8 Å². The van der Waals surface area contributed by atoms with Gasteiger partial charge in [0.15, 0.2) is 0 Å². The molecule has 2 N–H and O–H groups in total. The molecule has 8 nitrogen and oxygen atoms in total. The van der Waals surface area contributed by atoms with E-state index in [1.807, 2.05) is 48.6 Å². The second-order valence-corrected chi connectivity index (χ2v) is 7.35. The third-order valence-electron chi connectivity index (χ3n) is 4.95. The van der Waals surface area contributed by atoms with E-state index in [4.69, 9.17) is 4.42 Å². The van der Waals surface area contributed by atoms with Gasteiger partial charge in [-0.3, -0.25) is 19.2 Å². The summed E-state index contributed by atoms with van der Waals surface area (Å²) in [6.45, 7) is 9.00. The number of hydrogen-bond donors (Lipinski definition) is 2. The number of hydrogen-bond acceptors (Lipinski definition) is 5. The zero-order valence-corrected chi connectivity index (χ0v) is 16.8. The number of nitrogens with zero attached hydrogens (tertiary/aromatic N) is 3. The Bertz CT molecular complexity index is 826. The molecule has 1 aliphatic heterocycles. The standard InChI is InChI=1S/C20H29N5O3/c1-14-11-15(2)25(23-14)9-4-7-21-19(26)12-18-20(27)22-8-10-24(18)13-17-6-5-16(3)28-17/h5-6,11,18H,4,7-10,12-13H2,1-3H3,(H,21,26)(H,22,27)/t18-/m0/s1. The molecule has 0 radical (unpaired) electrons. The van der Waals surface area contributed by atoms with Crippen LogP contribution < -0.4 is 10.6 Å². The van der Waals surface area contributed by atoms with Crippen molar-refractivity contribution in [2.45, 2.75) is 52.7 Å². The summed E-state index contributed by atoms with van der Waals surface area (Å²) in [5, 5.41) is 10.2. The van der Waals surface area contributed by atoms with Crippen LogP contribution in [0, 0.1) is 20.8 Å². The minimum Gasteiger partial charge on any atom is -0.465 e. The van der Waals surface area contributed by atoms with Crippen LogP contribution >= 0.6 is 0 Å². The van der Waals surface area contributed by atoms with E-state index in [0.29, 0.717) is 26.2 Å². The molecule has 0 saturated carbocycles. The highest BCUT2D eigenvalue weighted by molar-refractivity contribution is 5.88.